The van der Waals surface area contributed by atoms with Gasteiger partial charge in [-0.3, -0.25) is 9.69 Å². The number of piperidine rings is 1. The van der Waals surface area contributed by atoms with Gasteiger partial charge in [-0.15, -0.1) is 0 Å². The number of nitrogens with zero attached hydrogens (tertiary/aromatic N) is 2. The number of nitrogens with two attached hydrogens (primary N) is 1. The van der Waals surface area contributed by atoms with Gasteiger partial charge in [-0.25, -0.2) is 0 Å². The van der Waals surface area contributed by atoms with Gasteiger partial charge in [-0.05, 0) is 31.2 Å². The van der Waals surface area contributed by atoms with Crippen LogP contribution in [0.5, 0.6) is 0 Å². The van der Waals surface area contributed by atoms with E-state index in [-0.39, 0.29) is 18.0 Å². The van der Waals surface area contributed by atoms with Gasteiger partial charge in [0.25, 0.3) is 0 Å². The number of hydrogen-bond acceptors (Lipinski definition) is 3. The fraction of sp³-hybridized carbons (Fsp3) is 0.632. The van der Waals surface area contributed by atoms with Crippen LogP contribution in [0, 0.1) is 5.92 Å². The number of rotatable bonds is 3. The first-order valence-corrected chi connectivity index (χ1v) is 8.89. The van der Waals surface area contributed by atoms with Crippen LogP contribution in [-0.2, 0) is 4.79 Å². The molecule has 0 aliphatic carbocycles. The van der Waals surface area contributed by atoms with Crippen LogP contribution < -0.4 is 5.73 Å². The Labute approximate surface area is 139 Å². The van der Waals surface area contributed by atoms with Crippen molar-refractivity contribution in [1.82, 2.24) is 9.80 Å². The topological polar surface area (TPSA) is 49.6 Å². The Morgan fingerprint density at radius 1 is 1.17 bits per heavy atom. The van der Waals surface area contributed by atoms with Crippen molar-refractivity contribution in [2.45, 2.75) is 44.7 Å². The molecule has 0 saturated carbocycles. The molecule has 0 spiro atoms. The molecule has 0 aromatic heterocycles. The van der Waals surface area contributed by atoms with E-state index in [1.807, 2.05) is 17.9 Å². The Morgan fingerprint density at radius 3 is 2.48 bits per heavy atom. The molecule has 4 heteroatoms. The predicted octanol–water partition coefficient (Wildman–Crippen LogP) is 2.06. The first-order valence-electron chi connectivity index (χ1n) is 8.89. The van der Waals surface area contributed by atoms with Crippen LogP contribution in [0.4, 0.5) is 0 Å². The minimum absolute atomic E-state index is 0.0665. The number of carbonyl (C=O) groups excluding carboxylic acids is 1. The lowest BCUT2D eigenvalue weighted by Gasteiger charge is -2.34. The van der Waals surface area contributed by atoms with E-state index in [1.54, 1.807) is 0 Å². The second kappa shape index (κ2) is 7.02. The van der Waals surface area contributed by atoms with Crippen molar-refractivity contribution in [3.05, 3.63) is 35.9 Å². The maximum atomic E-state index is 12.8. The Hall–Kier alpha value is -1.39. The van der Waals surface area contributed by atoms with E-state index in [2.05, 4.69) is 36.1 Å². The summed E-state index contributed by atoms with van der Waals surface area (Å²) in [6.45, 7) is 7.81. The smallest absolute Gasteiger partial charge is 0.239 e. The number of carbonyl (C=O) groups is 1. The third kappa shape index (κ3) is 3.59. The van der Waals surface area contributed by atoms with Crippen molar-refractivity contribution in [2.75, 3.05) is 26.2 Å². The van der Waals surface area contributed by atoms with E-state index in [9.17, 15) is 4.79 Å². The summed E-state index contributed by atoms with van der Waals surface area (Å²) < 4.78 is 0. The molecule has 1 aromatic carbocycles. The molecular weight excluding hydrogens is 286 g/mol. The molecule has 2 aliphatic heterocycles. The van der Waals surface area contributed by atoms with Crippen LogP contribution in [0.1, 0.15) is 38.2 Å². The summed E-state index contributed by atoms with van der Waals surface area (Å²) in [7, 11) is 0. The molecule has 2 heterocycles. The molecule has 2 aliphatic rings. The van der Waals surface area contributed by atoms with Crippen molar-refractivity contribution in [2.24, 2.45) is 11.7 Å². The van der Waals surface area contributed by atoms with Crippen molar-refractivity contribution >= 4 is 5.91 Å². The summed E-state index contributed by atoms with van der Waals surface area (Å²) >= 11 is 0. The predicted molar refractivity (Wildman–Crippen MR) is 93.2 cm³/mol. The third-order valence-electron chi connectivity index (χ3n) is 5.62. The van der Waals surface area contributed by atoms with Gasteiger partial charge in [0.05, 0.1) is 6.04 Å². The van der Waals surface area contributed by atoms with Gasteiger partial charge in [0, 0.05) is 38.1 Å². The standard InChI is InChI=1S/C19H29N3O/c1-14-8-10-21(11-9-14)19(23)15(2)22-12-17(18(20)13-22)16-6-4-3-5-7-16/h3-7,14-15,17-18H,8-13,20H2,1-2H3/t15?,17-,18+/m0/s1. The third-order valence-corrected chi connectivity index (χ3v) is 5.62. The van der Waals surface area contributed by atoms with E-state index < -0.39 is 0 Å². The summed E-state index contributed by atoms with van der Waals surface area (Å²) in [5.41, 5.74) is 7.66. The lowest BCUT2D eigenvalue weighted by molar-refractivity contribution is -0.137. The average Bonchev–Trinajstić information content (AvgIpc) is 2.97. The lowest BCUT2D eigenvalue weighted by atomic mass is 9.95. The molecule has 2 fully saturated rings. The molecule has 1 aromatic rings. The monoisotopic (exact) mass is 315 g/mol. The zero-order valence-electron chi connectivity index (χ0n) is 14.3. The number of amides is 1. The van der Waals surface area contributed by atoms with Crippen LogP contribution in [0.2, 0.25) is 0 Å². The maximum Gasteiger partial charge on any atom is 0.239 e. The highest BCUT2D eigenvalue weighted by Gasteiger charge is 2.37. The van der Waals surface area contributed by atoms with E-state index in [0.717, 1.165) is 44.9 Å². The van der Waals surface area contributed by atoms with Crippen LogP contribution in [-0.4, -0.2) is 54.0 Å². The van der Waals surface area contributed by atoms with Gasteiger partial charge in [-0.1, -0.05) is 37.3 Å². The quantitative estimate of drug-likeness (QED) is 0.929. The fourth-order valence-corrected chi connectivity index (χ4v) is 3.88. The molecule has 126 valence electrons. The number of likely N-dealkylation sites (tertiary alicyclic amines) is 2. The van der Waals surface area contributed by atoms with Crippen molar-refractivity contribution < 1.29 is 4.79 Å². The minimum atomic E-state index is -0.0665. The first kappa shape index (κ1) is 16.5. The molecule has 3 rings (SSSR count). The molecule has 1 unspecified atom stereocenters. The summed E-state index contributed by atoms with van der Waals surface area (Å²) in [6.07, 6.45) is 2.26. The van der Waals surface area contributed by atoms with E-state index in [4.69, 9.17) is 5.73 Å². The van der Waals surface area contributed by atoms with Gasteiger partial charge in [0.15, 0.2) is 0 Å². The molecule has 4 nitrogen and oxygen atoms in total. The summed E-state index contributed by atoms with van der Waals surface area (Å²) in [4.78, 5) is 17.1. The Morgan fingerprint density at radius 2 is 1.83 bits per heavy atom. The van der Waals surface area contributed by atoms with Gasteiger partial charge >= 0.3 is 0 Å². The van der Waals surface area contributed by atoms with Crippen molar-refractivity contribution in [1.29, 1.82) is 0 Å². The van der Waals surface area contributed by atoms with E-state index in [0.29, 0.717) is 5.92 Å². The first-order chi connectivity index (χ1) is 11.1. The van der Waals surface area contributed by atoms with Gasteiger partial charge in [0.1, 0.15) is 0 Å². The maximum absolute atomic E-state index is 12.8. The summed E-state index contributed by atoms with van der Waals surface area (Å²) in [5.74, 6) is 1.35. The number of benzene rings is 1. The Kier molecular flexibility index (Phi) is 5.02. The molecule has 1 amide bonds. The zero-order chi connectivity index (χ0) is 16.4. The Balaban J connectivity index is 1.62. The molecular formula is C19H29N3O. The molecule has 3 atom stereocenters. The average molecular weight is 315 g/mol. The minimum Gasteiger partial charge on any atom is -0.341 e. The fourth-order valence-electron chi connectivity index (χ4n) is 3.88. The normalized spacial score (nSPS) is 28.0. The molecule has 0 bridgehead atoms. The van der Waals surface area contributed by atoms with Crippen molar-refractivity contribution in [3.63, 3.8) is 0 Å². The van der Waals surface area contributed by atoms with Crippen LogP contribution >= 0.6 is 0 Å². The van der Waals surface area contributed by atoms with Crippen molar-refractivity contribution in [3.8, 4) is 0 Å². The van der Waals surface area contributed by atoms with Gasteiger partial charge in [0.2, 0.25) is 5.91 Å². The SMILES string of the molecule is CC1CCN(C(=O)C(C)N2C[C@@H](N)[C@H](c3ccccc3)C2)CC1. The zero-order valence-corrected chi connectivity index (χ0v) is 14.3. The van der Waals surface area contributed by atoms with Crippen LogP contribution in [0.3, 0.4) is 0 Å². The summed E-state index contributed by atoms with van der Waals surface area (Å²) in [5, 5.41) is 0. The summed E-state index contributed by atoms with van der Waals surface area (Å²) in [6, 6.07) is 10.5. The highest BCUT2D eigenvalue weighted by Crippen LogP contribution is 2.28. The lowest BCUT2D eigenvalue weighted by Crippen LogP contribution is -2.49. The van der Waals surface area contributed by atoms with Crippen LogP contribution in [0.15, 0.2) is 30.3 Å². The second-order valence-electron chi connectivity index (χ2n) is 7.32. The highest BCUT2D eigenvalue weighted by atomic mass is 16.2. The highest BCUT2D eigenvalue weighted by molar-refractivity contribution is 5.81. The van der Waals surface area contributed by atoms with E-state index >= 15 is 0 Å². The number of hydrogen-bond donors (Lipinski definition) is 1. The van der Waals surface area contributed by atoms with Gasteiger partial charge < -0.3 is 10.6 Å². The second-order valence-corrected chi connectivity index (χ2v) is 7.32. The Bertz CT molecular complexity index is 525. The molecule has 23 heavy (non-hydrogen) atoms. The largest absolute Gasteiger partial charge is 0.341 e. The molecule has 2 saturated heterocycles. The molecule has 2 N–H and O–H groups in total. The molecule has 0 radical (unpaired) electrons. The van der Waals surface area contributed by atoms with Gasteiger partial charge in [-0.2, -0.15) is 0 Å². The van der Waals surface area contributed by atoms with Crippen LogP contribution in [0.25, 0.3) is 0 Å². The van der Waals surface area contributed by atoms with E-state index in [1.165, 1.54) is 5.56 Å².